The predicted octanol–water partition coefficient (Wildman–Crippen LogP) is 2.38. The van der Waals surface area contributed by atoms with Crippen molar-refractivity contribution in [2.24, 2.45) is 0 Å². The first-order chi connectivity index (χ1) is 15.8. The van der Waals surface area contributed by atoms with Gasteiger partial charge in [-0.1, -0.05) is 22.9 Å². The van der Waals surface area contributed by atoms with Crippen molar-refractivity contribution >= 4 is 15.9 Å². The molecule has 0 bridgehead atoms. The summed E-state index contributed by atoms with van der Waals surface area (Å²) in [7, 11) is -1.91. The van der Waals surface area contributed by atoms with Crippen LogP contribution in [0.25, 0.3) is 11.5 Å². The first kappa shape index (κ1) is 23.1. The number of morpholine rings is 1. The molecule has 0 spiro atoms. The Kier molecular flexibility index (Phi) is 6.87. The van der Waals surface area contributed by atoms with E-state index in [0.717, 1.165) is 11.1 Å². The monoisotopic (exact) mass is 470 g/mol. The van der Waals surface area contributed by atoms with Gasteiger partial charge in [-0.05, 0) is 43.3 Å². The van der Waals surface area contributed by atoms with Gasteiger partial charge in [0.15, 0.2) is 5.82 Å². The first-order valence-electron chi connectivity index (χ1n) is 10.7. The van der Waals surface area contributed by atoms with Gasteiger partial charge in [0.25, 0.3) is 11.8 Å². The summed E-state index contributed by atoms with van der Waals surface area (Å²) in [6.07, 6.45) is 0.432. The second-order valence-electron chi connectivity index (χ2n) is 7.90. The molecule has 1 saturated heterocycles. The Morgan fingerprint density at radius 3 is 2.39 bits per heavy atom. The average Bonchev–Trinajstić information content (AvgIpc) is 3.32. The van der Waals surface area contributed by atoms with Crippen LogP contribution in [-0.4, -0.2) is 73.6 Å². The highest BCUT2D eigenvalue weighted by atomic mass is 32.2. The summed E-state index contributed by atoms with van der Waals surface area (Å²) in [4.78, 5) is 18.9. The van der Waals surface area contributed by atoms with Crippen molar-refractivity contribution in [2.75, 3.05) is 39.9 Å². The molecule has 1 amide bonds. The molecule has 9 nitrogen and oxygen atoms in total. The van der Waals surface area contributed by atoms with Crippen molar-refractivity contribution in [3.8, 4) is 11.5 Å². The molecule has 0 atom stereocenters. The van der Waals surface area contributed by atoms with Crippen LogP contribution in [0.5, 0.6) is 0 Å². The number of amides is 1. The number of hydrogen-bond donors (Lipinski definition) is 0. The maximum absolute atomic E-state index is 12.8. The molecule has 1 aliphatic rings. The highest BCUT2D eigenvalue weighted by molar-refractivity contribution is 7.89. The smallest absolute Gasteiger partial charge is 0.257 e. The minimum absolute atomic E-state index is 0.166. The second kappa shape index (κ2) is 9.82. The molecule has 0 N–H and O–H groups in total. The zero-order valence-electron chi connectivity index (χ0n) is 18.6. The summed E-state index contributed by atoms with van der Waals surface area (Å²) < 4.78 is 37.4. The topological polar surface area (TPSA) is 106 Å². The van der Waals surface area contributed by atoms with Crippen molar-refractivity contribution in [1.29, 1.82) is 0 Å². The minimum atomic E-state index is -3.59. The van der Waals surface area contributed by atoms with Gasteiger partial charge in [-0.3, -0.25) is 4.79 Å². The summed E-state index contributed by atoms with van der Waals surface area (Å²) in [5.74, 6) is 0.737. The molecule has 1 aromatic heterocycles. The molecular formula is C23H26N4O5S. The molecule has 33 heavy (non-hydrogen) atoms. The van der Waals surface area contributed by atoms with Gasteiger partial charge in [0.2, 0.25) is 10.0 Å². The first-order valence-corrected chi connectivity index (χ1v) is 12.1. The standard InChI is InChI=1S/C23H26N4O5S/c1-17-3-5-18(6-4-17)22-24-21(25-32-22)11-12-26(2)23(28)19-7-9-20(10-8-19)33(29,30)27-13-15-31-16-14-27/h3-10H,11-16H2,1-2H3. The third-order valence-corrected chi connectivity index (χ3v) is 7.41. The molecule has 2 aromatic carbocycles. The van der Waals surface area contributed by atoms with Gasteiger partial charge >= 0.3 is 0 Å². The van der Waals surface area contributed by atoms with E-state index in [1.165, 1.54) is 28.6 Å². The fourth-order valence-electron chi connectivity index (χ4n) is 3.46. The Morgan fingerprint density at radius 1 is 1.06 bits per heavy atom. The van der Waals surface area contributed by atoms with Crippen molar-refractivity contribution in [1.82, 2.24) is 19.3 Å². The predicted molar refractivity (Wildman–Crippen MR) is 121 cm³/mol. The molecule has 174 valence electrons. The van der Waals surface area contributed by atoms with Crippen LogP contribution in [-0.2, 0) is 21.2 Å². The number of aryl methyl sites for hydroxylation is 1. The van der Waals surface area contributed by atoms with Crippen molar-refractivity contribution < 1.29 is 22.5 Å². The molecule has 10 heteroatoms. The summed E-state index contributed by atoms with van der Waals surface area (Å²) in [6.45, 7) is 3.81. The largest absolute Gasteiger partial charge is 0.379 e. The van der Waals surface area contributed by atoms with Crippen LogP contribution in [0.1, 0.15) is 21.7 Å². The number of sulfonamides is 1. The molecule has 1 fully saturated rings. The van der Waals surface area contributed by atoms with Gasteiger partial charge in [0, 0.05) is 44.2 Å². The zero-order valence-corrected chi connectivity index (χ0v) is 19.4. The Labute approximate surface area is 193 Å². The molecule has 0 aliphatic carbocycles. The Morgan fingerprint density at radius 2 is 1.73 bits per heavy atom. The third-order valence-electron chi connectivity index (χ3n) is 5.49. The third kappa shape index (κ3) is 5.29. The summed E-state index contributed by atoms with van der Waals surface area (Å²) in [5, 5.41) is 4.00. The molecule has 2 heterocycles. The van der Waals surface area contributed by atoms with E-state index in [9.17, 15) is 13.2 Å². The molecule has 1 aliphatic heterocycles. The fourth-order valence-corrected chi connectivity index (χ4v) is 4.87. The maximum Gasteiger partial charge on any atom is 0.257 e. The van der Waals surface area contributed by atoms with Crippen LogP contribution in [0.2, 0.25) is 0 Å². The summed E-state index contributed by atoms with van der Waals surface area (Å²) in [6, 6.07) is 13.8. The van der Waals surface area contributed by atoms with E-state index >= 15 is 0 Å². The van der Waals surface area contributed by atoms with E-state index in [2.05, 4.69) is 10.1 Å². The number of likely N-dealkylation sites (N-methyl/N-ethyl adjacent to an activating group) is 1. The van der Waals surface area contributed by atoms with E-state index in [1.54, 1.807) is 11.9 Å². The summed E-state index contributed by atoms with van der Waals surface area (Å²) in [5.41, 5.74) is 2.40. The Bertz CT molecular complexity index is 1200. The maximum atomic E-state index is 12.8. The lowest BCUT2D eigenvalue weighted by Crippen LogP contribution is -2.40. The summed E-state index contributed by atoms with van der Waals surface area (Å²) >= 11 is 0. The van der Waals surface area contributed by atoms with Gasteiger partial charge in [0.1, 0.15) is 0 Å². The van der Waals surface area contributed by atoms with Crippen LogP contribution in [0.15, 0.2) is 57.9 Å². The van der Waals surface area contributed by atoms with Crippen LogP contribution in [0.4, 0.5) is 0 Å². The molecule has 0 unspecified atom stereocenters. The van der Waals surface area contributed by atoms with Crippen LogP contribution >= 0.6 is 0 Å². The number of rotatable bonds is 7. The molecular weight excluding hydrogens is 444 g/mol. The van der Waals surface area contributed by atoms with E-state index < -0.39 is 10.0 Å². The number of nitrogens with zero attached hydrogens (tertiary/aromatic N) is 4. The number of hydrogen-bond acceptors (Lipinski definition) is 7. The van der Waals surface area contributed by atoms with Gasteiger partial charge in [-0.25, -0.2) is 8.42 Å². The van der Waals surface area contributed by atoms with Gasteiger partial charge < -0.3 is 14.2 Å². The van der Waals surface area contributed by atoms with E-state index in [0.29, 0.717) is 56.5 Å². The zero-order chi connectivity index (χ0) is 23.4. The van der Waals surface area contributed by atoms with Crippen LogP contribution < -0.4 is 0 Å². The van der Waals surface area contributed by atoms with E-state index in [4.69, 9.17) is 9.26 Å². The minimum Gasteiger partial charge on any atom is -0.379 e. The fraction of sp³-hybridized carbons (Fsp3) is 0.348. The van der Waals surface area contributed by atoms with Crippen LogP contribution in [0.3, 0.4) is 0 Å². The number of aromatic nitrogens is 2. The van der Waals surface area contributed by atoms with Gasteiger partial charge in [0.05, 0.1) is 18.1 Å². The lowest BCUT2D eigenvalue weighted by molar-refractivity contribution is 0.0730. The quantitative estimate of drug-likeness (QED) is 0.522. The van der Waals surface area contributed by atoms with Crippen molar-refractivity contribution in [3.05, 3.63) is 65.5 Å². The van der Waals surface area contributed by atoms with Gasteiger partial charge in [-0.2, -0.15) is 9.29 Å². The molecule has 4 rings (SSSR count). The second-order valence-corrected chi connectivity index (χ2v) is 9.84. The number of carbonyl (C=O) groups is 1. The highest BCUT2D eigenvalue weighted by Gasteiger charge is 2.26. The Hall–Kier alpha value is -3.08. The normalized spacial score (nSPS) is 14.8. The lowest BCUT2D eigenvalue weighted by atomic mass is 10.1. The average molecular weight is 471 g/mol. The van der Waals surface area contributed by atoms with Gasteiger partial charge in [-0.15, -0.1) is 0 Å². The number of ether oxygens (including phenoxy) is 1. The van der Waals surface area contributed by atoms with Crippen molar-refractivity contribution in [3.63, 3.8) is 0 Å². The molecule has 0 saturated carbocycles. The highest BCUT2D eigenvalue weighted by Crippen LogP contribution is 2.19. The molecule has 3 aromatic rings. The van der Waals surface area contributed by atoms with Crippen molar-refractivity contribution in [2.45, 2.75) is 18.2 Å². The number of benzene rings is 2. The van der Waals surface area contributed by atoms with E-state index in [-0.39, 0.29) is 10.8 Å². The molecule has 0 radical (unpaired) electrons. The lowest BCUT2D eigenvalue weighted by Gasteiger charge is -2.26. The van der Waals surface area contributed by atoms with E-state index in [1.807, 2.05) is 31.2 Å². The Balaban J connectivity index is 1.36. The number of carbonyl (C=O) groups excluding carboxylic acids is 1. The SMILES string of the molecule is Cc1ccc(-c2nc(CCN(C)C(=O)c3ccc(S(=O)(=O)N4CCOCC4)cc3)no2)cc1. The van der Waals surface area contributed by atoms with Crippen LogP contribution in [0, 0.1) is 6.92 Å².